The van der Waals surface area contributed by atoms with E-state index in [-0.39, 0.29) is 0 Å². The van der Waals surface area contributed by atoms with E-state index in [2.05, 4.69) is 51.8 Å². The maximum atomic E-state index is 4.03. The molecule has 2 nitrogen and oxygen atoms in total. The predicted molar refractivity (Wildman–Crippen MR) is 65.1 cm³/mol. The first-order chi connectivity index (χ1) is 6.75. The van der Waals surface area contributed by atoms with Crippen molar-refractivity contribution in [3.63, 3.8) is 0 Å². The largest absolute Gasteiger partial charge is 0.369 e. The molecule has 0 aromatic carbocycles. The van der Waals surface area contributed by atoms with E-state index in [1.165, 1.54) is 12.1 Å². The van der Waals surface area contributed by atoms with Gasteiger partial charge in [0.25, 0.3) is 0 Å². The van der Waals surface area contributed by atoms with Crippen LogP contribution in [0.5, 0.6) is 0 Å². The van der Waals surface area contributed by atoms with Crippen molar-refractivity contribution in [2.24, 2.45) is 0 Å². The first-order valence-electron chi connectivity index (χ1n) is 4.98. The monoisotopic (exact) mass is 256 g/mol. The van der Waals surface area contributed by atoms with E-state index < -0.39 is 0 Å². The molecule has 0 unspecified atom stereocenters. The minimum absolute atomic E-state index is 0.538. The first kappa shape index (κ1) is 11.5. The Balaban J connectivity index is 2.68. The number of nitrogens with zero attached hydrogens (tertiary/aromatic N) is 2. The second-order valence-corrected chi connectivity index (χ2v) is 4.33. The maximum Gasteiger partial charge on any atom is 0.0399 e. The lowest BCUT2D eigenvalue weighted by molar-refractivity contribution is 0.674. The van der Waals surface area contributed by atoms with E-state index in [9.17, 15) is 0 Å². The number of rotatable bonds is 5. The molecule has 1 rings (SSSR count). The van der Waals surface area contributed by atoms with Gasteiger partial charge in [-0.05, 0) is 32.4 Å². The molecule has 0 radical (unpaired) electrons. The van der Waals surface area contributed by atoms with Gasteiger partial charge in [0.15, 0.2) is 0 Å². The average Bonchev–Trinajstić information content (AvgIpc) is 2.19. The van der Waals surface area contributed by atoms with Gasteiger partial charge in [-0.15, -0.1) is 0 Å². The van der Waals surface area contributed by atoms with Crippen LogP contribution in [0.1, 0.15) is 20.3 Å². The molecule has 0 aliphatic rings. The van der Waals surface area contributed by atoms with E-state index in [1.807, 2.05) is 12.4 Å². The van der Waals surface area contributed by atoms with Crippen LogP contribution in [0.3, 0.4) is 0 Å². The molecule has 1 aromatic rings. The Morgan fingerprint density at radius 2 is 2.00 bits per heavy atom. The van der Waals surface area contributed by atoms with Gasteiger partial charge in [-0.25, -0.2) is 0 Å². The summed E-state index contributed by atoms with van der Waals surface area (Å²) in [6, 6.07) is 4.67. The fourth-order valence-electron chi connectivity index (χ4n) is 1.45. The minimum Gasteiger partial charge on any atom is -0.369 e. The van der Waals surface area contributed by atoms with Crippen LogP contribution < -0.4 is 4.90 Å². The third kappa shape index (κ3) is 3.29. The molecule has 14 heavy (non-hydrogen) atoms. The van der Waals surface area contributed by atoms with Crippen LogP contribution in [0.25, 0.3) is 0 Å². The Bertz CT molecular complexity index is 249. The quantitative estimate of drug-likeness (QED) is 0.753. The van der Waals surface area contributed by atoms with Gasteiger partial charge in [0.05, 0.1) is 0 Å². The lowest BCUT2D eigenvalue weighted by atomic mass is 10.2. The van der Waals surface area contributed by atoms with Gasteiger partial charge >= 0.3 is 0 Å². The molecule has 0 fully saturated rings. The van der Waals surface area contributed by atoms with Gasteiger partial charge in [0.2, 0.25) is 0 Å². The molecule has 0 bridgehead atoms. The summed E-state index contributed by atoms with van der Waals surface area (Å²) in [5, 5.41) is 1.06. The van der Waals surface area contributed by atoms with Crippen molar-refractivity contribution in [1.29, 1.82) is 0 Å². The Hall–Kier alpha value is -0.570. The number of pyridine rings is 1. The third-order valence-electron chi connectivity index (χ3n) is 2.15. The summed E-state index contributed by atoms with van der Waals surface area (Å²) in [5.41, 5.74) is 1.26. The fraction of sp³-hybridized carbons (Fsp3) is 0.545. The van der Waals surface area contributed by atoms with Crippen molar-refractivity contribution in [2.45, 2.75) is 26.3 Å². The minimum atomic E-state index is 0.538. The third-order valence-corrected chi connectivity index (χ3v) is 2.71. The molecule has 1 aromatic heterocycles. The first-order valence-corrected chi connectivity index (χ1v) is 6.10. The van der Waals surface area contributed by atoms with E-state index in [0.29, 0.717) is 6.04 Å². The number of halogens is 1. The Labute approximate surface area is 94.5 Å². The predicted octanol–water partition coefficient (Wildman–Crippen LogP) is 3.08. The highest BCUT2D eigenvalue weighted by Crippen LogP contribution is 2.15. The molecule has 0 spiro atoms. The van der Waals surface area contributed by atoms with Crippen LogP contribution in [0, 0.1) is 0 Å². The fourth-order valence-corrected chi connectivity index (χ4v) is 1.70. The molecule has 0 atom stereocenters. The Kier molecular flexibility index (Phi) is 4.94. The van der Waals surface area contributed by atoms with Crippen molar-refractivity contribution in [2.75, 3.05) is 16.8 Å². The van der Waals surface area contributed by atoms with Gasteiger partial charge in [0.1, 0.15) is 0 Å². The molecular formula is C11H17BrN2. The second-order valence-electron chi connectivity index (χ2n) is 3.54. The molecule has 0 aliphatic heterocycles. The molecule has 0 amide bonds. The normalized spacial score (nSPS) is 10.6. The maximum absolute atomic E-state index is 4.03. The lowest BCUT2D eigenvalue weighted by Gasteiger charge is -2.28. The van der Waals surface area contributed by atoms with Gasteiger partial charge in [-0.2, -0.15) is 0 Å². The number of anilines is 1. The SMILES string of the molecule is CC(C)N(CCCBr)c1ccncc1. The number of hydrogen-bond donors (Lipinski definition) is 0. The van der Waals surface area contributed by atoms with Crippen LogP contribution in [-0.2, 0) is 0 Å². The van der Waals surface area contributed by atoms with Gasteiger partial charge < -0.3 is 4.90 Å². The summed E-state index contributed by atoms with van der Waals surface area (Å²) in [4.78, 5) is 6.42. The number of aromatic nitrogens is 1. The zero-order chi connectivity index (χ0) is 10.4. The van der Waals surface area contributed by atoms with E-state index in [4.69, 9.17) is 0 Å². The zero-order valence-corrected chi connectivity index (χ0v) is 10.4. The van der Waals surface area contributed by atoms with Crippen molar-refractivity contribution >= 4 is 21.6 Å². The van der Waals surface area contributed by atoms with Crippen molar-refractivity contribution in [3.05, 3.63) is 24.5 Å². The second kappa shape index (κ2) is 6.02. The van der Waals surface area contributed by atoms with Crippen LogP contribution in [0.2, 0.25) is 0 Å². The highest BCUT2D eigenvalue weighted by molar-refractivity contribution is 9.09. The van der Waals surface area contributed by atoms with Crippen LogP contribution in [-0.4, -0.2) is 22.9 Å². The van der Waals surface area contributed by atoms with Crippen molar-refractivity contribution in [1.82, 2.24) is 4.98 Å². The summed E-state index contributed by atoms with van der Waals surface area (Å²) in [7, 11) is 0. The Morgan fingerprint density at radius 1 is 1.36 bits per heavy atom. The number of hydrogen-bond acceptors (Lipinski definition) is 2. The van der Waals surface area contributed by atoms with E-state index >= 15 is 0 Å². The molecular weight excluding hydrogens is 240 g/mol. The zero-order valence-electron chi connectivity index (χ0n) is 8.78. The molecule has 0 saturated heterocycles. The highest BCUT2D eigenvalue weighted by Gasteiger charge is 2.08. The molecule has 1 heterocycles. The highest BCUT2D eigenvalue weighted by atomic mass is 79.9. The van der Waals surface area contributed by atoms with Crippen molar-refractivity contribution < 1.29 is 0 Å². The van der Waals surface area contributed by atoms with Gasteiger partial charge in [0, 0.05) is 36.0 Å². The van der Waals surface area contributed by atoms with Gasteiger partial charge in [-0.1, -0.05) is 15.9 Å². The summed E-state index contributed by atoms with van der Waals surface area (Å²) in [6.07, 6.45) is 4.86. The molecule has 0 N–H and O–H groups in total. The lowest BCUT2D eigenvalue weighted by Crippen LogP contribution is -2.31. The van der Waals surface area contributed by atoms with Crippen LogP contribution in [0.15, 0.2) is 24.5 Å². The average molecular weight is 257 g/mol. The Morgan fingerprint density at radius 3 is 2.50 bits per heavy atom. The summed E-state index contributed by atoms with van der Waals surface area (Å²) in [5.74, 6) is 0. The molecule has 0 saturated carbocycles. The molecule has 3 heteroatoms. The molecule has 0 aliphatic carbocycles. The summed E-state index contributed by atoms with van der Waals surface area (Å²) >= 11 is 3.46. The standard InChI is InChI=1S/C11H17BrN2/c1-10(2)14(9-3-6-12)11-4-7-13-8-5-11/h4-5,7-8,10H,3,6,9H2,1-2H3. The van der Waals surface area contributed by atoms with Gasteiger partial charge in [-0.3, -0.25) is 4.98 Å². The van der Waals surface area contributed by atoms with Crippen molar-refractivity contribution in [3.8, 4) is 0 Å². The summed E-state index contributed by atoms with van der Waals surface area (Å²) in [6.45, 7) is 5.52. The summed E-state index contributed by atoms with van der Waals surface area (Å²) < 4.78 is 0. The van der Waals surface area contributed by atoms with E-state index in [1.54, 1.807) is 0 Å². The van der Waals surface area contributed by atoms with Crippen LogP contribution >= 0.6 is 15.9 Å². The topological polar surface area (TPSA) is 16.1 Å². The smallest absolute Gasteiger partial charge is 0.0399 e. The van der Waals surface area contributed by atoms with E-state index in [0.717, 1.165) is 11.9 Å². The number of alkyl halides is 1. The molecule has 78 valence electrons. The van der Waals surface area contributed by atoms with Crippen LogP contribution in [0.4, 0.5) is 5.69 Å².